The molecule has 1 amide bonds. The van der Waals surface area contributed by atoms with E-state index in [1.54, 1.807) is 0 Å². The van der Waals surface area contributed by atoms with E-state index < -0.39 is 0 Å². The Bertz CT molecular complexity index is 949. The maximum atomic E-state index is 13.2. The highest BCUT2D eigenvalue weighted by atomic mass is 16.4. The zero-order valence-electron chi connectivity index (χ0n) is 17.2. The predicted octanol–water partition coefficient (Wildman–Crippen LogP) is 5.38. The van der Waals surface area contributed by atoms with Gasteiger partial charge in [-0.2, -0.15) is 0 Å². The van der Waals surface area contributed by atoms with Gasteiger partial charge in [0.2, 0.25) is 11.8 Å². The minimum absolute atomic E-state index is 0.151. The van der Waals surface area contributed by atoms with Gasteiger partial charge in [0.25, 0.3) is 0 Å². The lowest BCUT2D eigenvalue weighted by molar-refractivity contribution is -0.131. The SMILES string of the molecule is CC[C@H](c1ccccc1)[C@H]1CCCN1C(=O)Cc1nc(-c2ccccc2)oc1C. The van der Waals surface area contributed by atoms with Crippen molar-refractivity contribution in [3.05, 3.63) is 77.7 Å². The summed E-state index contributed by atoms with van der Waals surface area (Å²) in [7, 11) is 0. The molecule has 1 aliphatic heterocycles. The van der Waals surface area contributed by atoms with Crippen LogP contribution in [0.4, 0.5) is 0 Å². The summed E-state index contributed by atoms with van der Waals surface area (Å²) in [5, 5.41) is 0. The van der Waals surface area contributed by atoms with Crippen molar-refractivity contribution < 1.29 is 9.21 Å². The first kappa shape index (κ1) is 19.4. The fourth-order valence-corrected chi connectivity index (χ4v) is 4.49. The first-order chi connectivity index (χ1) is 14.2. The fraction of sp³-hybridized carbons (Fsp3) is 0.360. The third-order valence-corrected chi connectivity index (χ3v) is 5.98. The normalized spacial score (nSPS) is 17.4. The lowest BCUT2D eigenvalue weighted by Gasteiger charge is -2.31. The smallest absolute Gasteiger partial charge is 0.228 e. The molecule has 0 unspecified atom stereocenters. The summed E-state index contributed by atoms with van der Waals surface area (Å²) in [5.41, 5.74) is 3.00. The zero-order valence-corrected chi connectivity index (χ0v) is 17.2. The molecule has 3 aromatic rings. The van der Waals surface area contributed by atoms with Crippen molar-refractivity contribution in [3.8, 4) is 11.5 Å². The summed E-state index contributed by atoms with van der Waals surface area (Å²) < 4.78 is 5.85. The van der Waals surface area contributed by atoms with Crippen molar-refractivity contribution >= 4 is 5.91 Å². The molecule has 0 spiro atoms. The van der Waals surface area contributed by atoms with Crippen molar-refractivity contribution in [2.24, 2.45) is 0 Å². The van der Waals surface area contributed by atoms with Crippen molar-refractivity contribution in [1.82, 2.24) is 9.88 Å². The number of amides is 1. The minimum atomic E-state index is 0.151. The van der Waals surface area contributed by atoms with E-state index in [1.807, 2.05) is 43.3 Å². The number of nitrogens with zero attached hydrogens (tertiary/aromatic N) is 2. The van der Waals surface area contributed by atoms with Gasteiger partial charge in [-0.15, -0.1) is 0 Å². The summed E-state index contributed by atoms with van der Waals surface area (Å²) in [6.07, 6.45) is 3.45. The lowest BCUT2D eigenvalue weighted by atomic mass is 9.87. The van der Waals surface area contributed by atoms with Gasteiger partial charge in [0.1, 0.15) is 5.76 Å². The Morgan fingerprint density at radius 2 is 1.83 bits per heavy atom. The monoisotopic (exact) mass is 388 g/mol. The van der Waals surface area contributed by atoms with Crippen LogP contribution in [-0.2, 0) is 11.2 Å². The summed E-state index contributed by atoms with van der Waals surface area (Å²) in [5.74, 6) is 1.83. The molecule has 1 saturated heterocycles. The Morgan fingerprint density at radius 1 is 1.14 bits per heavy atom. The van der Waals surface area contributed by atoms with Crippen LogP contribution in [0, 0.1) is 6.92 Å². The summed E-state index contributed by atoms with van der Waals surface area (Å²) in [4.78, 5) is 19.9. The number of aryl methyl sites for hydroxylation is 1. The van der Waals surface area contributed by atoms with Gasteiger partial charge < -0.3 is 9.32 Å². The van der Waals surface area contributed by atoms with E-state index >= 15 is 0 Å². The minimum Gasteiger partial charge on any atom is -0.441 e. The number of hydrogen-bond acceptors (Lipinski definition) is 3. The Balaban J connectivity index is 1.51. The molecule has 2 heterocycles. The zero-order chi connectivity index (χ0) is 20.2. The van der Waals surface area contributed by atoms with Crippen LogP contribution >= 0.6 is 0 Å². The van der Waals surface area contributed by atoms with E-state index in [0.717, 1.165) is 42.8 Å². The van der Waals surface area contributed by atoms with Gasteiger partial charge in [0.15, 0.2) is 0 Å². The Hall–Kier alpha value is -2.88. The summed E-state index contributed by atoms with van der Waals surface area (Å²) >= 11 is 0. The van der Waals surface area contributed by atoms with E-state index in [4.69, 9.17) is 4.42 Å². The average molecular weight is 389 g/mol. The fourth-order valence-electron chi connectivity index (χ4n) is 4.49. The number of hydrogen-bond donors (Lipinski definition) is 0. The molecule has 1 aromatic heterocycles. The predicted molar refractivity (Wildman–Crippen MR) is 115 cm³/mol. The maximum Gasteiger partial charge on any atom is 0.228 e. The molecule has 0 saturated carbocycles. The number of benzene rings is 2. The second-order valence-corrected chi connectivity index (χ2v) is 7.79. The maximum absolute atomic E-state index is 13.2. The van der Waals surface area contributed by atoms with Crippen LogP contribution in [0.15, 0.2) is 65.1 Å². The summed E-state index contributed by atoms with van der Waals surface area (Å²) in [6, 6.07) is 20.7. The first-order valence-corrected chi connectivity index (χ1v) is 10.5. The van der Waals surface area contributed by atoms with Crippen LogP contribution in [0.5, 0.6) is 0 Å². The Kier molecular flexibility index (Phi) is 5.79. The second kappa shape index (κ2) is 8.64. The number of aromatic nitrogens is 1. The number of likely N-dealkylation sites (tertiary alicyclic amines) is 1. The largest absolute Gasteiger partial charge is 0.441 e. The highest BCUT2D eigenvalue weighted by Crippen LogP contribution is 2.34. The molecule has 29 heavy (non-hydrogen) atoms. The molecule has 4 heteroatoms. The number of rotatable bonds is 6. The molecule has 0 radical (unpaired) electrons. The molecular formula is C25H28N2O2. The van der Waals surface area contributed by atoms with E-state index in [2.05, 4.69) is 41.1 Å². The molecule has 2 atom stereocenters. The van der Waals surface area contributed by atoms with Gasteiger partial charge in [-0.3, -0.25) is 4.79 Å². The number of carbonyl (C=O) groups excluding carboxylic acids is 1. The van der Waals surface area contributed by atoms with Gasteiger partial charge in [-0.25, -0.2) is 4.98 Å². The van der Waals surface area contributed by atoms with Crippen molar-refractivity contribution in [1.29, 1.82) is 0 Å². The highest BCUT2D eigenvalue weighted by Gasteiger charge is 2.35. The standard InChI is InChI=1S/C25H28N2O2/c1-3-21(19-11-6-4-7-12-19)23-15-10-16-27(23)24(28)17-22-18(2)29-25(26-22)20-13-8-5-9-14-20/h4-9,11-14,21,23H,3,10,15-17H2,1-2H3/t21-,23-/m1/s1. The number of oxazole rings is 1. The van der Waals surface area contributed by atoms with Gasteiger partial charge in [-0.1, -0.05) is 55.5 Å². The third-order valence-electron chi connectivity index (χ3n) is 5.98. The van der Waals surface area contributed by atoms with E-state index in [-0.39, 0.29) is 11.9 Å². The van der Waals surface area contributed by atoms with Gasteiger partial charge in [0.05, 0.1) is 12.1 Å². The molecule has 1 fully saturated rings. The van der Waals surface area contributed by atoms with E-state index in [1.165, 1.54) is 5.56 Å². The highest BCUT2D eigenvalue weighted by molar-refractivity contribution is 5.79. The quantitative estimate of drug-likeness (QED) is 0.570. The molecular weight excluding hydrogens is 360 g/mol. The molecule has 2 aromatic carbocycles. The lowest BCUT2D eigenvalue weighted by Crippen LogP contribution is -2.40. The Labute approximate surface area is 172 Å². The molecule has 4 nitrogen and oxygen atoms in total. The first-order valence-electron chi connectivity index (χ1n) is 10.5. The van der Waals surface area contributed by atoms with Crippen LogP contribution in [0.2, 0.25) is 0 Å². The topological polar surface area (TPSA) is 46.3 Å². The van der Waals surface area contributed by atoms with E-state index in [0.29, 0.717) is 18.2 Å². The van der Waals surface area contributed by atoms with Crippen LogP contribution in [0.1, 0.15) is 49.1 Å². The van der Waals surface area contributed by atoms with E-state index in [9.17, 15) is 4.79 Å². The van der Waals surface area contributed by atoms with Crippen molar-refractivity contribution in [3.63, 3.8) is 0 Å². The molecule has 0 N–H and O–H groups in total. The van der Waals surface area contributed by atoms with Crippen molar-refractivity contribution in [2.75, 3.05) is 6.54 Å². The molecule has 0 bridgehead atoms. The van der Waals surface area contributed by atoms with Gasteiger partial charge >= 0.3 is 0 Å². The van der Waals surface area contributed by atoms with Crippen LogP contribution in [0.25, 0.3) is 11.5 Å². The summed E-state index contributed by atoms with van der Waals surface area (Å²) in [6.45, 7) is 4.93. The molecule has 4 rings (SSSR count). The molecule has 150 valence electrons. The Morgan fingerprint density at radius 3 is 2.52 bits per heavy atom. The van der Waals surface area contributed by atoms with Crippen LogP contribution in [-0.4, -0.2) is 28.4 Å². The van der Waals surface area contributed by atoms with Crippen LogP contribution in [0.3, 0.4) is 0 Å². The third kappa shape index (κ3) is 4.12. The van der Waals surface area contributed by atoms with Crippen molar-refractivity contribution in [2.45, 2.75) is 51.5 Å². The van der Waals surface area contributed by atoms with Gasteiger partial charge in [0, 0.05) is 24.1 Å². The van der Waals surface area contributed by atoms with Crippen LogP contribution < -0.4 is 0 Å². The second-order valence-electron chi connectivity index (χ2n) is 7.79. The van der Waals surface area contributed by atoms with Gasteiger partial charge in [-0.05, 0) is 43.9 Å². The molecule has 1 aliphatic rings. The molecule has 0 aliphatic carbocycles. The number of carbonyl (C=O) groups is 1. The average Bonchev–Trinajstić information content (AvgIpc) is 3.37.